The lowest BCUT2D eigenvalue weighted by Gasteiger charge is -2.60. The van der Waals surface area contributed by atoms with E-state index in [2.05, 4.69) is 16.9 Å². The van der Waals surface area contributed by atoms with Crippen LogP contribution in [0.2, 0.25) is 0 Å². The van der Waals surface area contributed by atoms with Crippen LogP contribution in [0.15, 0.2) is 71.2 Å². The van der Waals surface area contributed by atoms with E-state index in [-0.39, 0.29) is 5.69 Å². The molecule has 0 spiro atoms. The summed E-state index contributed by atoms with van der Waals surface area (Å²) in [5, 5.41) is 29.0. The summed E-state index contributed by atoms with van der Waals surface area (Å²) in [7, 11) is 0. The molecule has 0 amide bonds. The van der Waals surface area contributed by atoms with Gasteiger partial charge in [-0.1, -0.05) is 69.7 Å². The molecule has 0 saturated heterocycles. The lowest BCUT2D eigenvalue weighted by Crippen LogP contribution is -2.65. The van der Waals surface area contributed by atoms with Crippen molar-refractivity contribution in [2.24, 2.45) is 5.92 Å². The highest BCUT2D eigenvalue weighted by Gasteiger charge is 2.48. The Hall–Kier alpha value is -3.30. The van der Waals surface area contributed by atoms with Crippen LogP contribution in [-0.2, 0) is 11.6 Å². The van der Waals surface area contributed by atoms with Crippen molar-refractivity contribution in [3.8, 4) is 5.69 Å². The number of allylic oxidation sites excluding steroid dienone is 1. The zero-order valence-electron chi connectivity index (χ0n) is 21.5. The number of unbranched alkanes of at least 4 members (excludes halogenated alkanes) is 1. The Morgan fingerprint density at radius 2 is 1.66 bits per heavy atom. The van der Waals surface area contributed by atoms with Crippen molar-refractivity contribution in [3.05, 3.63) is 93.5 Å². The quantitative estimate of drug-likeness (QED) is 0.530. The average molecular weight is 526 g/mol. The summed E-state index contributed by atoms with van der Waals surface area (Å²) in [6.45, 7) is 6.81. The number of aromatic nitrogens is 2. The number of alkyl halides is 3. The van der Waals surface area contributed by atoms with Crippen molar-refractivity contribution in [2.75, 3.05) is 11.4 Å². The van der Waals surface area contributed by atoms with Crippen molar-refractivity contribution in [2.45, 2.75) is 63.3 Å². The third-order valence-electron chi connectivity index (χ3n) is 7.91. The van der Waals surface area contributed by atoms with Gasteiger partial charge in [0.15, 0.2) is 0 Å². The number of rotatable bonds is 6. The van der Waals surface area contributed by atoms with E-state index in [9.17, 15) is 28.2 Å². The third kappa shape index (κ3) is 4.08. The number of aromatic amines is 1. The van der Waals surface area contributed by atoms with Gasteiger partial charge >= 0.3 is 6.18 Å². The smallest absolute Gasteiger partial charge is 0.433 e. The summed E-state index contributed by atoms with van der Waals surface area (Å²) in [6.07, 6.45) is -4.76. The predicted molar refractivity (Wildman–Crippen MR) is 135 cm³/mol. The van der Waals surface area contributed by atoms with Gasteiger partial charge in [-0.2, -0.15) is 13.2 Å². The van der Waals surface area contributed by atoms with Gasteiger partial charge in [0.1, 0.15) is 5.69 Å². The van der Waals surface area contributed by atoms with Gasteiger partial charge in [-0.15, -0.1) is 12.2 Å². The Morgan fingerprint density at radius 1 is 1.03 bits per heavy atom. The molecule has 2 unspecified atom stereocenters. The Bertz CT molecular complexity index is 1400. The fourth-order valence-electron chi connectivity index (χ4n) is 5.84. The first-order valence-corrected chi connectivity index (χ1v) is 12.9. The molecule has 202 valence electrons. The van der Waals surface area contributed by atoms with Gasteiger partial charge in [-0.05, 0) is 42.0 Å². The second-order valence-corrected chi connectivity index (χ2v) is 10.6. The Labute approximate surface area is 219 Å². The molecule has 1 N–H and O–H groups in total. The van der Waals surface area contributed by atoms with Crippen molar-refractivity contribution in [3.63, 3.8) is 0 Å². The van der Waals surface area contributed by atoms with Crippen LogP contribution in [0.5, 0.6) is 0 Å². The van der Waals surface area contributed by atoms with E-state index in [1.54, 1.807) is 24.3 Å². The summed E-state index contributed by atoms with van der Waals surface area (Å²) in [4.78, 5) is 15.3. The zero-order chi connectivity index (χ0) is 27.4. The first-order chi connectivity index (χ1) is 18.0. The normalized spacial score (nSPS) is 25.5. The molecule has 1 saturated carbocycles. The highest BCUT2D eigenvalue weighted by Crippen LogP contribution is 2.50. The van der Waals surface area contributed by atoms with Crippen LogP contribution in [0.1, 0.15) is 56.4 Å². The molecular formula is C29H30F3N3O3-2. The highest BCUT2D eigenvalue weighted by atomic mass is 19.4. The van der Waals surface area contributed by atoms with E-state index >= 15 is 0 Å². The third-order valence-corrected chi connectivity index (χ3v) is 7.91. The number of nitrogens with one attached hydrogen (secondary N) is 1. The molecule has 2 aliphatic rings. The van der Waals surface area contributed by atoms with Gasteiger partial charge in [0, 0.05) is 23.3 Å². The molecule has 6 nitrogen and oxygen atoms in total. The second-order valence-electron chi connectivity index (χ2n) is 10.6. The van der Waals surface area contributed by atoms with Crippen LogP contribution in [0.4, 0.5) is 18.9 Å². The minimum atomic E-state index is -4.93. The highest BCUT2D eigenvalue weighted by molar-refractivity contribution is 5.70. The second kappa shape index (κ2) is 9.47. The van der Waals surface area contributed by atoms with Crippen LogP contribution < -0.4 is 20.7 Å². The standard InChI is InChI=1S/C29H30F3N3O3/c1-4-5-15-34-20-14-10-9-13-19(20)28(2,3)21(34)16-18-24(36)22(25(18)37)23-26(29(30,31)32)33-35(27(23)38)17-11-7-6-8-12-17/h6-14,16,18,22,24-25,33H,4-5,15H2,1-3H3/q-2. The predicted octanol–water partition coefficient (Wildman–Crippen LogP) is 3.84. The summed E-state index contributed by atoms with van der Waals surface area (Å²) in [5.41, 5.74) is -0.527. The fourth-order valence-corrected chi connectivity index (χ4v) is 5.84. The monoisotopic (exact) mass is 525 g/mol. The SMILES string of the molecule is CCCCN1C(=CC2C([O-])C(c3c(C(F)(F)F)[nH]n(-c4ccccc4)c3=O)C2[O-])C(C)(C)c2ccccc21. The lowest BCUT2D eigenvalue weighted by molar-refractivity contribution is -0.543. The van der Waals surface area contributed by atoms with E-state index < -0.39 is 52.5 Å². The molecule has 38 heavy (non-hydrogen) atoms. The number of H-pyrrole nitrogens is 1. The number of halogens is 3. The molecule has 0 bridgehead atoms. The van der Waals surface area contributed by atoms with Gasteiger partial charge in [0.05, 0.1) is 11.3 Å². The molecular weight excluding hydrogens is 495 g/mol. The van der Waals surface area contributed by atoms with Gasteiger partial charge in [0.2, 0.25) is 0 Å². The van der Waals surface area contributed by atoms with E-state index in [1.165, 1.54) is 12.1 Å². The Morgan fingerprint density at radius 3 is 2.29 bits per heavy atom. The minimum absolute atomic E-state index is 0.189. The molecule has 1 aliphatic heterocycles. The van der Waals surface area contributed by atoms with Crippen molar-refractivity contribution < 1.29 is 23.4 Å². The number of benzene rings is 2. The van der Waals surface area contributed by atoms with E-state index in [4.69, 9.17) is 0 Å². The Kier molecular flexibility index (Phi) is 6.55. The summed E-state index contributed by atoms with van der Waals surface area (Å²) in [6, 6.07) is 15.7. The molecule has 5 rings (SSSR count). The maximum absolute atomic E-state index is 14.0. The molecule has 0 radical (unpaired) electrons. The van der Waals surface area contributed by atoms with Crippen LogP contribution in [0.25, 0.3) is 5.69 Å². The van der Waals surface area contributed by atoms with E-state index in [1.807, 2.05) is 38.1 Å². The van der Waals surface area contributed by atoms with Gasteiger partial charge in [0.25, 0.3) is 5.56 Å². The maximum Gasteiger partial charge on any atom is 0.433 e. The van der Waals surface area contributed by atoms with Crippen LogP contribution in [0, 0.1) is 5.92 Å². The number of hydrogen-bond donors (Lipinski definition) is 1. The molecule has 3 aromatic rings. The first kappa shape index (κ1) is 26.3. The first-order valence-electron chi connectivity index (χ1n) is 12.9. The fraction of sp³-hybridized carbons (Fsp3) is 0.414. The van der Waals surface area contributed by atoms with Crippen molar-refractivity contribution >= 4 is 5.69 Å². The molecule has 1 fully saturated rings. The van der Waals surface area contributed by atoms with E-state index in [0.717, 1.165) is 34.5 Å². The molecule has 1 aromatic heterocycles. The lowest BCUT2D eigenvalue weighted by atomic mass is 9.64. The molecule has 2 atom stereocenters. The summed E-state index contributed by atoms with van der Waals surface area (Å²) < 4.78 is 42.7. The topological polar surface area (TPSA) is 87.2 Å². The minimum Gasteiger partial charge on any atom is -0.851 e. The van der Waals surface area contributed by atoms with Crippen LogP contribution in [0.3, 0.4) is 0 Å². The summed E-state index contributed by atoms with van der Waals surface area (Å²) in [5.74, 6) is -2.65. The largest absolute Gasteiger partial charge is 0.851 e. The number of para-hydroxylation sites is 2. The van der Waals surface area contributed by atoms with Gasteiger partial charge in [-0.3, -0.25) is 9.89 Å². The van der Waals surface area contributed by atoms with Crippen molar-refractivity contribution in [1.29, 1.82) is 0 Å². The zero-order valence-corrected chi connectivity index (χ0v) is 21.5. The summed E-state index contributed by atoms with van der Waals surface area (Å²) >= 11 is 0. The molecule has 9 heteroatoms. The number of nitrogens with zero attached hydrogens (tertiary/aromatic N) is 2. The van der Waals surface area contributed by atoms with Gasteiger partial charge < -0.3 is 15.1 Å². The van der Waals surface area contributed by atoms with E-state index in [0.29, 0.717) is 6.54 Å². The van der Waals surface area contributed by atoms with Gasteiger partial charge in [-0.25, -0.2) is 4.68 Å². The van der Waals surface area contributed by atoms with Crippen molar-refractivity contribution in [1.82, 2.24) is 9.78 Å². The Balaban J connectivity index is 1.53. The van der Waals surface area contributed by atoms with Crippen LogP contribution >= 0.6 is 0 Å². The number of anilines is 1. The average Bonchev–Trinajstić information content (AvgIpc) is 3.33. The van der Waals surface area contributed by atoms with Crippen LogP contribution in [-0.4, -0.2) is 28.5 Å². The molecule has 2 heterocycles. The number of fused-ring (bicyclic) bond motifs is 1. The number of hydrogen-bond acceptors (Lipinski definition) is 4. The molecule has 1 aliphatic carbocycles. The maximum atomic E-state index is 14.0. The molecule has 2 aromatic carbocycles.